The molecular formula is C15H20O5S. The Labute approximate surface area is 128 Å². The number of benzene rings is 1. The molecule has 1 aromatic carbocycles. The first-order chi connectivity index (χ1) is 9.88. The molecule has 0 unspecified atom stereocenters. The summed E-state index contributed by atoms with van der Waals surface area (Å²) in [5.41, 5.74) is 0.539. The minimum atomic E-state index is -1.17. The Hall–Kier alpha value is -1.08. The molecule has 0 spiro atoms. The maximum atomic E-state index is 11.0. The molecule has 5 atom stereocenters. The van der Waals surface area contributed by atoms with Crippen molar-refractivity contribution in [3.8, 4) is 0 Å². The monoisotopic (exact) mass is 312 g/mol. The van der Waals surface area contributed by atoms with Gasteiger partial charge in [-0.2, -0.15) is 0 Å². The number of hydrogen-bond acceptors (Lipinski definition) is 6. The maximum absolute atomic E-state index is 11.0. The van der Waals surface area contributed by atoms with Crippen molar-refractivity contribution in [2.24, 2.45) is 0 Å². The molecule has 0 amide bonds. The molecular weight excluding hydrogens is 292 g/mol. The van der Waals surface area contributed by atoms with Gasteiger partial charge in [0.15, 0.2) is 6.10 Å². The largest absolute Gasteiger partial charge is 0.457 e. The Morgan fingerprint density at radius 1 is 1.24 bits per heavy atom. The van der Waals surface area contributed by atoms with Crippen LogP contribution >= 0.6 is 11.8 Å². The first-order valence-electron chi connectivity index (χ1n) is 6.80. The Kier molecular flexibility index (Phi) is 5.27. The number of hydrogen-bond donors (Lipinski definition) is 2. The number of carbonyl (C=O) groups excluding carboxylic acids is 1. The lowest BCUT2D eigenvalue weighted by Crippen LogP contribution is -2.56. The van der Waals surface area contributed by atoms with Crippen LogP contribution in [0.4, 0.5) is 0 Å². The lowest BCUT2D eigenvalue weighted by Gasteiger charge is -2.40. The fourth-order valence-corrected chi connectivity index (χ4v) is 3.30. The molecule has 116 valence electrons. The van der Waals surface area contributed by atoms with Crippen LogP contribution < -0.4 is 0 Å². The average molecular weight is 312 g/mol. The number of rotatable bonds is 3. The number of carbonyl (C=O) groups is 1. The van der Waals surface area contributed by atoms with Crippen molar-refractivity contribution in [1.82, 2.24) is 0 Å². The second-order valence-electron chi connectivity index (χ2n) is 5.20. The quantitative estimate of drug-likeness (QED) is 0.824. The number of esters is 1. The number of ether oxygens (including phenoxy) is 2. The van der Waals surface area contributed by atoms with Crippen LogP contribution in [0.2, 0.25) is 0 Å². The molecule has 2 rings (SSSR count). The highest BCUT2D eigenvalue weighted by Gasteiger charge is 2.44. The highest BCUT2D eigenvalue weighted by molar-refractivity contribution is 7.99. The second kappa shape index (κ2) is 6.79. The third-order valence-corrected chi connectivity index (χ3v) is 4.52. The lowest BCUT2D eigenvalue weighted by atomic mass is 10.0. The Bertz CT molecular complexity index is 489. The highest BCUT2D eigenvalue weighted by atomic mass is 32.2. The van der Waals surface area contributed by atoms with E-state index in [1.807, 2.05) is 31.2 Å². The minimum absolute atomic E-state index is 0.491. The fraction of sp³-hybridized carbons (Fsp3) is 0.533. The molecule has 0 radical (unpaired) electrons. The predicted molar refractivity (Wildman–Crippen MR) is 78.9 cm³/mol. The summed E-state index contributed by atoms with van der Waals surface area (Å²) >= 11 is 1.34. The van der Waals surface area contributed by atoms with Gasteiger partial charge in [-0.05, 0) is 26.0 Å². The van der Waals surface area contributed by atoms with Gasteiger partial charge in [-0.3, -0.25) is 4.79 Å². The highest BCUT2D eigenvalue weighted by Crippen LogP contribution is 2.34. The zero-order valence-corrected chi connectivity index (χ0v) is 13.0. The third kappa shape index (κ3) is 3.97. The Balaban J connectivity index is 2.06. The molecule has 1 aliphatic rings. The molecule has 0 aromatic heterocycles. The van der Waals surface area contributed by atoms with Crippen LogP contribution in [0.5, 0.6) is 0 Å². The van der Waals surface area contributed by atoms with Crippen LogP contribution in [0.25, 0.3) is 0 Å². The van der Waals surface area contributed by atoms with Gasteiger partial charge in [0.2, 0.25) is 0 Å². The van der Waals surface area contributed by atoms with Gasteiger partial charge in [0.25, 0.3) is 0 Å². The summed E-state index contributed by atoms with van der Waals surface area (Å²) in [5.74, 6) is -0.508. The van der Waals surface area contributed by atoms with E-state index in [4.69, 9.17) is 9.47 Å². The van der Waals surface area contributed by atoms with Gasteiger partial charge in [-0.25, -0.2) is 0 Å². The Morgan fingerprint density at radius 3 is 2.43 bits per heavy atom. The van der Waals surface area contributed by atoms with E-state index in [1.54, 1.807) is 6.92 Å². The summed E-state index contributed by atoms with van der Waals surface area (Å²) in [6.45, 7) is 4.97. The molecule has 0 aliphatic carbocycles. The topological polar surface area (TPSA) is 76.0 Å². The summed E-state index contributed by atoms with van der Waals surface area (Å²) in [4.78, 5) is 12.0. The summed E-state index contributed by atoms with van der Waals surface area (Å²) in [6, 6.07) is 7.81. The van der Waals surface area contributed by atoms with Crippen LogP contribution in [0.1, 0.15) is 19.4 Å². The van der Waals surface area contributed by atoms with Crippen molar-refractivity contribution in [3.63, 3.8) is 0 Å². The summed E-state index contributed by atoms with van der Waals surface area (Å²) in [6.07, 6.45) is -3.64. The van der Waals surface area contributed by atoms with Crippen molar-refractivity contribution in [1.29, 1.82) is 0 Å². The zero-order valence-electron chi connectivity index (χ0n) is 12.2. The smallest absolute Gasteiger partial charge is 0.303 e. The fourth-order valence-electron chi connectivity index (χ4n) is 2.21. The van der Waals surface area contributed by atoms with E-state index in [1.165, 1.54) is 18.7 Å². The average Bonchev–Trinajstić information content (AvgIpc) is 2.43. The SMILES string of the molecule is CC(=O)O[C@@H]1[C@@H](O)[C@@H](O)[C@H](Sc2ccc(C)cc2)O[C@H]1C. The van der Waals surface area contributed by atoms with Gasteiger partial charge >= 0.3 is 5.97 Å². The molecule has 21 heavy (non-hydrogen) atoms. The van der Waals surface area contributed by atoms with Crippen molar-refractivity contribution < 1.29 is 24.5 Å². The molecule has 0 saturated carbocycles. The number of aliphatic hydroxyl groups excluding tert-OH is 2. The number of thioether (sulfide) groups is 1. The predicted octanol–water partition coefficient (Wildman–Crippen LogP) is 1.49. The minimum Gasteiger partial charge on any atom is -0.457 e. The van der Waals surface area contributed by atoms with E-state index in [0.717, 1.165) is 10.5 Å². The molecule has 5 nitrogen and oxygen atoms in total. The van der Waals surface area contributed by atoms with E-state index in [2.05, 4.69) is 0 Å². The van der Waals surface area contributed by atoms with Gasteiger partial charge in [0.1, 0.15) is 17.6 Å². The van der Waals surface area contributed by atoms with Crippen molar-refractivity contribution in [3.05, 3.63) is 29.8 Å². The molecule has 1 aliphatic heterocycles. The van der Waals surface area contributed by atoms with E-state index in [0.29, 0.717) is 0 Å². The van der Waals surface area contributed by atoms with Crippen molar-refractivity contribution >= 4 is 17.7 Å². The van der Waals surface area contributed by atoms with Gasteiger partial charge in [0, 0.05) is 11.8 Å². The van der Waals surface area contributed by atoms with Crippen LogP contribution in [-0.2, 0) is 14.3 Å². The number of aryl methyl sites for hydroxylation is 1. The van der Waals surface area contributed by atoms with Gasteiger partial charge < -0.3 is 19.7 Å². The number of aliphatic hydroxyl groups is 2. The summed E-state index contributed by atoms with van der Waals surface area (Å²) in [5, 5.41) is 20.3. The van der Waals surface area contributed by atoms with E-state index < -0.39 is 35.8 Å². The van der Waals surface area contributed by atoms with Gasteiger partial charge in [-0.1, -0.05) is 29.5 Å². The van der Waals surface area contributed by atoms with Crippen LogP contribution in [0.3, 0.4) is 0 Å². The lowest BCUT2D eigenvalue weighted by molar-refractivity contribution is -0.210. The Morgan fingerprint density at radius 2 is 1.86 bits per heavy atom. The first-order valence-corrected chi connectivity index (χ1v) is 7.68. The van der Waals surface area contributed by atoms with Crippen molar-refractivity contribution in [2.75, 3.05) is 0 Å². The van der Waals surface area contributed by atoms with E-state index in [-0.39, 0.29) is 0 Å². The molecule has 1 fully saturated rings. The van der Waals surface area contributed by atoms with Gasteiger partial charge in [0.05, 0.1) is 6.10 Å². The molecule has 1 saturated heterocycles. The summed E-state index contributed by atoms with van der Waals surface area (Å²) < 4.78 is 10.7. The first kappa shape index (κ1) is 16.3. The standard InChI is InChI=1S/C15H20O5S/c1-8-4-6-11(7-5-8)21-15-13(18)12(17)14(9(2)19-15)20-10(3)16/h4-7,9,12-15,17-18H,1-3H3/t9-,12-,13+,14-,15-/m0/s1. The van der Waals surface area contributed by atoms with Crippen LogP contribution in [0.15, 0.2) is 29.2 Å². The van der Waals surface area contributed by atoms with Crippen LogP contribution in [-0.4, -0.2) is 46.0 Å². The molecule has 2 N–H and O–H groups in total. The zero-order chi connectivity index (χ0) is 15.6. The molecule has 0 bridgehead atoms. The molecule has 1 aromatic rings. The van der Waals surface area contributed by atoms with Crippen LogP contribution in [0, 0.1) is 6.92 Å². The van der Waals surface area contributed by atoms with Gasteiger partial charge in [-0.15, -0.1) is 0 Å². The molecule has 1 heterocycles. The maximum Gasteiger partial charge on any atom is 0.303 e. The third-order valence-electron chi connectivity index (χ3n) is 3.35. The normalized spacial score (nSPS) is 32.7. The van der Waals surface area contributed by atoms with E-state index in [9.17, 15) is 15.0 Å². The molecule has 6 heteroatoms. The summed E-state index contributed by atoms with van der Waals surface area (Å²) in [7, 11) is 0. The second-order valence-corrected chi connectivity index (χ2v) is 6.37. The van der Waals surface area contributed by atoms with E-state index >= 15 is 0 Å². The van der Waals surface area contributed by atoms with Crippen molar-refractivity contribution in [2.45, 2.75) is 55.5 Å².